The van der Waals surface area contributed by atoms with E-state index >= 15 is 0 Å². The lowest BCUT2D eigenvalue weighted by atomic mass is 9.74. The van der Waals surface area contributed by atoms with Crippen LogP contribution in [0.15, 0.2) is 0 Å². The third kappa shape index (κ3) is 3.68. The van der Waals surface area contributed by atoms with Crippen LogP contribution in [0.25, 0.3) is 0 Å². The molecule has 1 heteroatoms. The molecule has 0 aromatic heterocycles. The summed E-state index contributed by atoms with van der Waals surface area (Å²) in [5.74, 6) is 2.65. The third-order valence-electron chi connectivity index (χ3n) is 3.11. The van der Waals surface area contributed by atoms with Crippen molar-refractivity contribution < 1.29 is 0 Å². The van der Waals surface area contributed by atoms with Gasteiger partial charge in [0.2, 0.25) is 0 Å². The monoisotopic (exact) mass is 185 g/mol. The Morgan fingerprint density at radius 1 is 0.923 bits per heavy atom. The molecule has 2 unspecified atom stereocenters. The maximum atomic E-state index is 3.42. The standard InChI is InChI=1S/C10H21N.C2H6/c1-7-5-8(2)10(11-4)9(3)6-7;1-2/h7-11H,5-6H2,1-4H3;1-2H3. The van der Waals surface area contributed by atoms with Crippen molar-refractivity contribution in [3.8, 4) is 0 Å². The van der Waals surface area contributed by atoms with E-state index < -0.39 is 0 Å². The second-order valence-corrected chi connectivity index (χ2v) is 4.35. The van der Waals surface area contributed by atoms with Gasteiger partial charge >= 0.3 is 0 Å². The highest BCUT2D eigenvalue weighted by molar-refractivity contribution is 4.84. The maximum absolute atomic E-state index is 3.42. The van der Waals surface area contributed by atoms with Crippen molar-refractivity contribution in [2.45, 2.75) is 53.5 Å². The molecule has 0 aromatic rings. The van der Waals surface area contributed by atoms with E-state index in [9.17, 15) is 0 Å². The molecule has 80 valence electrons. The van der Waals surface area contributed by atoms with Crippen molar-refractivity contribution in [2.75, 3.05) is 7.05 Å². The summed E-state index contributed by atoms with van der Waals surface area (Å²) < 4.78 is 0. The lowest BCUT2D eigenvalue weighted by Gasteiger charge is -2.37. The van der Waals surface area contributed by atoms with Crippen molar-refractivity contribution >= 4 is 0 Å². The van der Waals surface area contributed by atoms with Gasteiger partial charge in [-0.25, -0.2) is 0 Å². The van der Waals surface area contributed by atoms with E-state index in [4.69, 9.17) is 0 Å². The van der Waals surface area contributed by atoms with E-state index in [0.717, 1.165) is 23.8 Å². The lowest BCUT2D eigenvalue weighted by Crippen LogP contribution is -2.42. The molecule has 0 bridgehead atoms. The third-order valence-corrected chi connectivity index (χ3v) is 3.11. The zero-order valence-corrected chi connectivity index (χ0v) is 10.2. The number of hydrogen-bond donors (Lipinski definition) is 1. The fourth-order valence-corrected chi connectivity index (χ4v) is 2.79. The minimum Gasteiger partial charge on any atom is -0.316 e. The Balaban J connectivity index is 0.000000671. The molecular weight excluding hydrogens is 158 g/mol. The second-order valence-electron chi connectivity index (χ2n) is 4.35. The Kier molecular flexibility index (Phi) is 6.40. The molecule has 0 heterocycles. The van der Waals surface area contributed by atoms with E-state index in [-0.39, 0.29) is 0 Å². The van der Waals surface area contributed by atoms with Crippen molar-refractivity contribution in [3.05, 3.63) is 0 Å². The number of rotatable bonds is 1. The molecule has 0 radical (unpaired) electrons. The number of nitrogens with one attached hydrogen (secondary N) is 1. The zero-order valence-electron chi connectivity index (χ0n) is 10.2. The first-order chi connectivity index (χ1) is 6.15. The van der Waals surface area contributed by atoms with Gasteiger partial charge < -0.3 is 5.32 Å². The lowest BCUT2D eigenvalue weighted by molar-refractivity contribution is 0.171. The molecule has 13 heavy (non-hydrogen) atoms. The topological polar surface area (TPSA) is 12.0 Å². The molecule has 1 nitrogen and oxygen atoms in total. The normalized spacial score (nSPS) is 39.2. The van der Waals surface area contributed by atoms with Gasteiger partial charge in [-0.2, -0.15) is 0 Å². The summed E-state index contributed by atoms with van der Waals surface area (Å²) in [5.41, 5.74) is 0. The van der Waals surface area contributed by atoms with E-state index in [1.54, 1.807) is 0 Å². The molecule has 1 fully saturated rings. The Morgan fingerprint density at radius 2 is 1.31 bits per heavy atom. The summed E-state index contributed by atoms with van der Waals surface area (Å²) in [7, 11) is 2.09. The van der Waals surface area contributed by atoms with Gasteiger partial charge in [0.25, 0.3) is 0 Å². The van der Waals surface area contributed by atoms with Crippen molar-refractivity contribution in [3.63, 3.8) is 0 Å². The first kappa shape index (κ1) is 13.0. The Hall–Kier alpha value is -0.0400. The fourth-order valence-electron chi connectivity index (χ4n) is 2.79. The average Bonchev–Trinajstić information content (AvgIpc) is 2.07. The minimum absolute atomic E-state index is 0.756. The fraction of sp³-hybridized carbons (Fsp3) is 1.00. The van der Waals surface area contributed by atoms with Gasteiger partial charge in [0, 0.05) is 6.04 Å². The quantitative estimate of drug-likeness (QED) is 0.661. The molecule has 1 aliphatic carbocycles. The van der Waals surface area contributed by atoms with Crippen LogP contribution in [0.4, 0.5) is 0 Å². The van der Waals surface area contributed by atoms with Crippen molar-refractivity contribution in [1.82, 2.24) is 5.32 Å². The molecule has 0 amide bonds. The summed E-state index contributed by atoms with van der Waals surface area (Å²) in [5, 5.41) is 3.42. The molecule has 0 spiro atoms. The predicted octanol–water partition coefficient (Wildman–Crippen LogP) is 3.30. The molecule has 1 N–H and O–H groups in total. The minimum atomic E-state index is 0.756. The Morgan fingerprint density at radius 3 is 1.62 bits per heavy atom. The van der Waals surface area contributed by atoms with Gasteiger partial charge in [0.1, 0.15) is 0 Å². The van der Waals surface area contributed by atoms with Gasteiger partial charge in [-0.15, -0.1) is 0 Å². The Labute approximate surface area is 84.3 Å². The largest absolute Gasteiger partial charge is 0.316 e. The highest BCUT2D eigenvalue weighted by Gasteiger charge is 2.29. The van der Waals surface area contributed by atoms with Crippen LogP contribution in [0.2, 0.25) is 0 Å². The maximum Gasteiger partial charge on any atom is 0.0115 e. The van der Waals surface area contributed by atoms with E-state index in [1.807, 2.05) is 13.8 Å². The summed E-state index contributed by atoms with van der Waals surface area (Å²) in [4.78, 5) is 0. The van der Waals surface area contributed by atoms with E-state index in [0.29, 0.717) is 0 Å². The molecule has 1 rings (SSSR count). The van der Waals surface area contributed by atoms with Gasteiger partial charge in [0.05, 0.1) is 0 Å². The summed E-state index contributed by atoms with van der Waals surface area (Å²) in [6.07, 6.45) is 2.80. The van der Waals surface area contributed by atoms with Crippen LogP contribution in [-0.4, -0.2) is 13.1 Å². The smallest absolute Gasteiger partial charge is 0.0115 e. The van der Waals surface area contributed by atoms with Gasteiger partial charge in [-0.1, -0.05) is 34.6 Å². The SMILES string of the molecule is CC.CNC1C(C)CC(C)CC1C. The van der Waals surface area contributed by atoms with Crippen LogP contribution in [0, 0.1) is 17.8 Å². The van der Waals surface area contributed by atoms with Crippen molar-refractivity contribution in [2.24, 2.45) is 17.8 Å². The van der Waals surface area contributed by atoms with Crippen LogP contribution in [0.3, 0.4) is 0 Å². The van der Waals surface area contributed by atoms with Crippen LogP contribution in [-0.2, 0) is 0 Å². The molecule has 0 saturated heterocycles. The highest BCUT2D eigenvalue weighted by Crippen LogP contribution is 2.32. The summed E-state index contributed by atoms with van der Waals surface area (Å²) in [6, 6.07) is 0.756. The predicted molar refractivity (Wildman–Crippen MR) is 60.9 cm³/mol. The first-order valence-electron chi connectivity index (χ1n) is 5.82. The zero-order chi connectivity index (χ0) is 10.4. The second kappa shape index (κ2) is 6.42. The molecule has 1 aliphatic rings. The molecule has 2 atom stereocenters. The van der Waals surface area contributed by atoms with E-state index in [1.165, 1.54) is 12.8 Å². The van der Waals surface area contributed by atoms with Gasteiger partial charge in [-0.3, -0.25) is 0 Å². The summed E-state index contributed by atoms with van der Waals surface area (Å²) in [6.45, 7) is 11.1. The van der Waals surface area contributed by atoms with Crippen LogP contribution in [0.5, 0.6) is 0 Å². The number of hydrogen-bond acceptors (Lipinski definition) is 1. The van der Waals surface area contributed by atoms with Crippen LogP contribution >= 0.6 is 0 Å². The summed E-state index contributed by atoms with van der Waals surface area (Å²) >= 11 is 0. The molecule has 1 saturated carbocycles. The van der Waals surface area contributed by atoms with Gasteiger partial charge in [-0.05, 0) is 37.6 Å². The van der Waals surface area contributed by atoms with Gasteiger partial charge in [0.15, 0.2) is 0 Å². The molecule has 0 aliphatic heterocycles. The van der Waals surface area contributed by atoms with Crippen LogP contribution in [0.1, 0.15) is 47.5 Å². The molecule has 0 aromatic carbocycles. The average molecular weight is 185 g/mol. The van der Waals surface area contributed by atoms with Crippen molar-refractivity contribution in [1.29, 1.82) is 0 Å². The Bertz CT molecular complexity index is 110. The van der Waals surface area contributed by atoms with E-state index in [2.05, 4.69) is 33.1 Å². The molecular formula is C12H27N. The highest BCUT2D eigenvalue weighted by atomic mass is 14.9. The first-order valence-corrected chi connectivity index (χ1v) is 5.82. The van der Waals surface area contributed by atoms with Crippen LogP contribution < -0.4 is 5.32 Å².